The lowest BCUT2D eigenvalue weighted by Crippen LogP contribution is -2.24. The summed E-state index contributed by atoms with van der Waals surface area (Å²) in [5.41, 5.74) is 0. The van der Waals surface area contributed by atoms with Gasteiger partial charge in [-0.3, -0.25) is 0 Å². The highest BCUT2D eigenvalue weighted by molar-refractivity contribution is 6.37. The first-order chi connectivity index (χ1) is 7.56. The first kappa shape index (κ1) is 13.1. The molecule has 6 heteroatoms. The summed E-state index contributed by atoms with van der Waals surface area (Å²) < 4.78 is 22.3. The molecular formula is C10H9Cl2FO3. The number of carbonyl (C=O) groups excluding carboxylic acids is 1. The van der Waals surface area contributed by atoms with Gasteiger partial charge in [-0.25, -0.2) is 4.79 Å². The van der Waals surface area contributed by atoms with Gasteiger partial charge in [0.1, 0.15) is 0 Å². The summed E-state index contributed by atoms with van der Waals surface area (Å²) >= 11 is 11.5. The molecule has 0 aliphatic rings. The molecule has 0 amide bonds. The molecule has 0 fully saturated rings. The zero-order valence-electron chi connectivity index (χ0n) is 8.38. The molecule has 0 aliphatic heterocycles. The molecule has 0 saturated heterocycles. The number of para-hydroxylation sites is 1. The Hall–Kier alpha value is -1.00. The number of alkyl halides is 1. The molecule has 1 atom stereocenters. The minimum absolute atomic E-state index is 0.0683. The van der Waals surface area contributed by atoms with Crippen molar-refractivity contribution in [1.82, 2.24) is 0 Å². The largest absolute Gasteiger partial charge is 0.461 e. The lowest BCUT2D eigenvalue weighted by molar-refractivity contribution is -0.159. The fraction of sp³-hybridized carbons (Fsp3) is 0.300. The van der Waals surface area contributed by atoms with E-state index in [1.807, 2.05) is 0 Å². The van der Waals surface area contributed by atoms with Crippen LogP contribution in [0.2, 0.25) is 10.0 Å². The van der Waals surface area contributed by atoms with Crippen molar-refractivity contribution in [1.29, 1.82) is 0 Å². The summed E-state index contributed by atoms with van der Waals surface area (Å²) in [5.74, 6) is -1.19. The summed E-state index contributed by atoms with van der Waals surface area (Å²) in [4.78, 5) is 11.0. The van der Waals surface area contributed by atoms with Gasteiger partial charge in [0, 0.05) is 0 Å². The van der Waals surface area contributed by atoms with E-state index in [4.69, 9.17) is 23.2 Å². The van der Waals surface area contributed by atoms with Gasteiger partial charge in [-0.05, 0) is 19.1 Å². The van der Waals surface area contributed by atoms with Crippen molar-refractivity contribution >= 4 is 29.2 Å². The summed E-state index contributed by atoms with van der Waals surface area (Å²) in [7, 11) is 0. The van der Waals surface area contributed by atoms with Crippen LogP contribution in [0.4, 0.5) is 4.39 Å². The number of ether oxygens (including phenoxy) is 2. The second kappa shape index (κ2) is 5.92. The Balaban J connectivity index is 2.76. The minimum Gasteiger partial charge on any atom is -0.461 e. The molecule has 1 aromatic carbocycles. The number of benzene rings is 1. The predicted octanol–water partition coefficient (Wildman–Crippen LogP) is 3.23. The molecule has 1 rings (SSSR count). The zero-order chi connectivity index (χ0) is 12.1. The third kappa shape index (κ3) is 3.25. The number of esters is 1. The van der Waals surface area contributed by atoms with Crippen molar-refractivity contribution < 1.29 is 18.7 Å². The van der Waals surface area contributed by atoms with E-state index in [9.17, 15) is 9.18 Å². The van der Waals surface area contributed by atoms with Gasteiger partial charge in [0.2, 0.25) is 0 Å². The minimum atomic E-state index is -2.24. The predicted molar refractivity (Wildman–Crippen MR) is 58.6 cm³/mol. The topological polar surface area (TPSA) is 35.5 Å². The van der Waals surface area contributed by atoms with Gasteiger partial charge in [0.15, 0.2) is 5.75 Å². The summed E-state index contributed by atoms with van der Waals surface area (Å²) in [6, 6.07) is 4.52. The Labute approximate surface area is 102 Å². The van der Waals surface area contributed by atoms with E-state index in [2.05, 4.69) is 9.47 Å². The second-order valence-corrected chi connectivity index (χ2v) is 3.55. The number of carbonyl (C=O) groups is 1. The lowest BCUT2D eigenvalue weighted by Gasteiger charge is -2.12. The van der Waals surface area contributed by atoms with E-state index in [1.54, 1.807) is 13.0 Å². The summed E-state index contributed by atoms with van der Waals surface area (Å²) in [5, 5.41) is 0.249. The van der Waals surface area contributed by atoms with Crippen LogP contribution >= 0.6 is 23.2 Å². The quantitative estimate of drug-likeness (QED) is 0.785. The van der Waals surface area contributed by atoms with E-state index in [1.165, 1.54) is 12.1 Å². The smallest absolute Gasteiger partial charge is 0.381 e. The van der Waals surface area contributed by atoms with Crippen molar-refractivity contribution in [3.63, 3.8) is 0 Å². The third-order valence-corrected chi connectivity index (χ3v) is 2.21. The van der Waals surface area contributed by atoms with Crippen LogP contribution in [0.15, 0.2) is 18.2 Å². The van der Waals surface area contributed by atoms with Crippen LogP contribution in [0.3, 0.4) is 0 Å². The Morgan fingerprint density at radius 3 is 2.50 bits per heavy atom. The molecule has 0 saturated carbocycles. The van der Waals surface area contributed by atoms with Gasteiger partial charge in [-0.1, -0.05) is 29.3 Å². The monoisotopic (exact) mass is 266 g/mol. The van der Waals surface area contributed by atoms with Gasteiger partial charge in [0.05, 0.1) is 16.7 Å². The van der Waals surface area contributed by atoms with Gasteiger partial charge >= 0.3 is 12.3 Å². The fourth-order valence-corrected chi connectivity index (χ4v) is 1.44. The zero-order valence-corrected chi connectivity index (χ0v) is 9.89. The molecule has 0 spiro atoms. The number of halogens is 3. The molecule has 16 heavy (non-hydrogen) atoms. The summed E-state index contributed by atoms with van der Waals surface area (Å²) in [6.45, 7) is 1.63. The van der Waals surface area contributed by atoms with Crippen molar-refractivity contribution in [2.75, 3.05) is 6.61 Å². The molecule has 0 radical (unpaired) electrons. The molecule has 88 valence electrons. The number of hydrogen-bond donors (Lipinski definition) is 0. The maximum atomic E-state index is 13.2. The normalized spacial score (nSPS) is 12.0. The van der Waals surface area contributed by atoms with Crippen LogP contribution in [0.1, 0.15) is 6.92 Å². The van der Waals surface area contributed by atoms with E-state index >= 15 is 0 Å². The van der Waals surface area contributed by atoms with Crippen LogP contribution in [-0.4, -0.2) is 18.9 Å². The van der Waals surface area contributed by atoms with E-state index in [0.717, 1.165) is 0 Å². The molecule has 0 aliphatic carbocycles. The summed E-state index contributed by atoms with van der Waals surface area (Å²) in [6.07, 6.45) is -2.24. The van der Waals surface area contributed by atoms with Crippen LogP contribution < -0.4 is 4.74 Å². The first-order valence-corrected chi connectivity index (χ1v) is 5.23. The SMILES string of the molecule is CCOC(=O)C(F)Oc1c(Cl)cccc1Cl. The molecule has 0 heterocycles. The molecule has 0 aromatic heterocycles. The van der Waals surface area contributed by atoms with E-state index in [-0.39, 0.29) is 22.4 Å². The van der Waals surface area contributed by atoms with Gasteiger partial charge in [-0.2, -0.15) is 4.39 Å². The second-order valence-electron chi connectivity index (χ2n) is 2.74. The number of hydrogen-bond acceptors (Lipinski definition) is 3. The Morgan fingerprint density at radius 2 is 2.00 bits per heavy atom. The maximum Gasteiger partial charge on any atom is 0.381 e. The number of rotatable bonds is 4. The lowest BCUT2D eigenvalue weighted by atomic mass is 10.3. The van der Waals surface area contributed by atoms with Gasteiger partial charge in [0.25, 0.3) is 0 Å². The molecule has 0 bridgehead atoms. The standard InChI is InChI=1S/C10H9Cl2FO3/c1-2-15-10(14)9(13)16-8-6(11)4-3-5-7(8)12/h3-5,9H,2H2,1H3. The maximum absolute atomic E-state index is 13.2. The van der Waals surface area contributed by atoms with E-state index < -0.39 is 12.3 Å². The van der Waals surface area contributed by atoms with Crippen molar-refractivity contribution in [3.8, 4) is 5.75 Å². The molecule has 1 unspecified atom stereocenters. The van der Waals surface area contributed by atoms with E-state index in [0.29, 0.717) is 0 Å². The Kier molecular flexibility index (Phi) is 4.83. The Bertz CT molecular complexity index is 364. The molecule has 0 N–H and O–H groups in total. The van der Waals surface area contributed by atoms with Crippen LogP contribution in [0.5, 0.6) is 5.75 Å². The van der Waals surface area contributed by atoms with Crippen molar-refractivity contribution in [3.05, 3.63) is 28.2 Å². The highest BCUT2D eigenvalue weighted by atomic mass is 35.5. The third-order valence-electron chi connectivity index (χ3n) is 1.61. The van der Waals surface area contributed by atoms with Crippen LogP contribution in [0, 0.1) is 0 Å². The van der Waals surface area contributed by atoms with Crippen molar-refractivity contribution in [2.24, 2.45) is 0 Å². The highest BCUT2D eigenvalue weighted by Gasteiger charge is 2.22. The fourth-order valence-electron chi connectivity index (χ4n) is 0.954. The molecule has 3 nitrogen and oxygen atoms in total. The molecule has 1 aromatic rings. The van der Waals surface area contributed by atoms with Crippen LogP contribution in [-0.2, 0) is 9.53 Å². The first-order valence-electron chi connectivity index (χ1n) is 4.47. The van der Waals surface area contributed by atoms with Crippen LogP contribution in [0.25, 0.3) is 0 Å². The molecular weight excluding hydrogens is 258 g/mol. The van der Waals surface area contributed by atoms with Crippen molar-refractivity contribution in [2.45, 2.75) is 13.3 Å². The highest BCUT2D eigenvalue weighted by Crippen LogP contribution is 2.33. The Morgan fingerprint density at radius 1 is 1.44 bits per heavy atom. The van der Waals surface area contributed by atoms with Gasteiger partial charge in [-0.15, -0.1) is 0 Å². The van der Waals surface area contributed by atoms with Gasteiger partial charge < -0.3 is 9.47 Å². The average molecular weight is 267 g/mol. The average Bonchev–Trinajstić information content (AvgIpc) is 2.23.